The normalized spacial score (nSPS) is 13.7. The van der Waals surface area contributed by atoms with Gasteiger partial charge >= 0.3 is 0 Å². The van der Waals surface area contributed by atoms with Crippen molar-refractivity contribution in [1.29, 1.82) is 0 Å². The first-order valence-corrected chi connectivity index (χ1v) is 10.3. The molecule has 1 aliphatic heterocycles. The third-order valence-corrected chi connectivity index (χ3v) is 5.85. The van der Waals surface area contributed by atoms with Crippen LogP contribution in [0.5, 0.6) is 0 Å². The lowest BCUT2D eigenvalue weighted by molar-refractivity contribution is -0.130. The zero-order valence-electron chi connectivity index (χ0n) is 16.6. The van der Waals surface area contributed by atoms with E-state index in [0.717, 1.165) is 42.8 Å². The molecule has 3 heterocycles. The molecule has 0 spiro atoms. The summed E-state index contributed by atoms with van der Waals surface area (Å²) in [6.07, 6.45) is 2.57. The van der Waals surface area contributed by atoms with Gasteiger partial charge in [0.05, 0.1) is 12.2 Å². The Morgan fingerprint density at radius 3 is 2.89 bits per heavy atom. The van der Waals surface area contributed by atoms with Crippen LogP contribution in [0.3, 0.4) is 0 Å². The minimum atomic E-state index is 0. The smallest absolute Gasteiger partial charge is 0.242 e. The van der Waals surface area contributed by atoms with Crippen LogP contribution in [-0.4, -0.2) is 42.1 Å². The summed E-state index contributed by atoms with van der Waals surface area (Å²) in [4.78, 5) is 20.1. The van der Waals surface area contributed by atoms with Crippen LogP contribution in [0.25, 0.3) is 0 Å². The van der Waals surface area contributed by atoms with E-state index in [9.17, 15) is 4.79 Å². The van der Waals surface area contributed by atoms with E-state index < -0.39 is 0 Å². The number of thiophene rings is 1. The molecule has 0 saturated heterocycles. The highest BCUT2D eigenvalue weighted by atomic mass is 127. The Morgan fingerprint density at radius 1 is 1.36 bits per heavy atom. The van der Waals surface area contributed by atoms with E-state index in [1.165, 1.54) is 10.4 Å². The van der Waals surface area contributed by atoms with Gasteiger partial charge in [-0.25, -0.2) is 0 Å². The summed E-state index contributed by atoms with van der Waals surface area (Å²) in [6.45, 7) is 6.39. The van der Waals surface area contributed by atoms with Gasteiger partial charge in [-0.05, 0) is 29.9 Å². The van der Waals surface area contributed by atoms with Gasteiger partial charge in [0.25, 0.3) is 0 Å². The summed E-state index contributed by atoms with van der Waals surface area (Å²) in [6, 6.07) is 2.11. The van der Waals surface area contributed by atoms with Crippen LogP contribution in [0.15, 0.2) is 21.0 Å². The Hall–Kier alpha value is -1.62. The van der Waals surface area contributed by atoms with Crippen LogP contribution >= 0.6 is 35.3 Å². The summed E-state index contributed by atoms with van der Waals surface area (Å²) < 4.78 is 5.39. The minimum absolute atomic E-state index is 0. The van der Waals surface area contributed by atoms with E-state index in [1.807, 2.05) is 11.8 Å². The molecule has 1 aliphatic rings. The lowest BCUT2D eigenvalue weighted by atomic mass is 10.1. The second-order valence-corrected chi connectivity index (χ2v) is 7.45. The molecule has 0 saturated carbocycles. The maximum Gasteiger partial charge on any atom is 0.242 e. The number of guanidine groups is 1. The Kier molecular flexibility index (Phi) is 8.74. The summed E-state index contributed by atoms with van der Waals surface area (Å²) in [5.74, 6) is 1.58. The van der Waals surface area contributed by atoms with Crippen molar-refractivity contribution in [3.8, 4) is 0 Å². The van der Waals surface area contributed by atoms with Gasteiger partial charge in [-0.2, -0.15) is 0 Å². The molecule has 2 N–H and O–H groups in total. The second kappa shape index (κ2) is 10.8. The van der Waals surface area contributed by atoms with Gasteiger partial charge < -0.3 is 20.1 Å². The topological polar surface area (TPSA) is 82.8 Å². The van der Waals surface area contributed by atoms with Gasteiger partial charge in [0.15, 0.2) is 5.96 Å². The lowest BCUT2D eigenvalue weighted by Gasteiger charge is -2.27. The zero-order chi connectivity index (χ0) is 19.2. The third kappa shape index (κ3) is 5.25. The van der Waals surface area contributed by atoms with Crippen LogP contribution in [-0.2, 0) is 37.1 Å². The molecule has 0 radical (unpaired) electrons. The van der Waals surface area contributed by atoms with Gasteiger partial charge in [-0.15, -0.1) is 35.3 Å². The van der Waals surface area contributed by atoms with Gasteiger partial charge in [0, 0.05) is 43.5 Å². The monoisotopic (exact) mass is 517 g/mol. The van der Waals surface area contributed by atoms with Crippen molar-refractivity contribution >= 4 is 47.2 Å². The molecule has 9 heteroatoms. The molecule has 0 fully saturated rings. The molecular formula is C19H28IN5O2S. The van der Waals surface area contributed by atoms with Crippen LogP contribution in [0, 0.1) is 0 Å². The van der Waals surface area contributed by atoms with Crippen LogP contribution in [0.1, 0.15) is 41.3 Å². The van der Waals surface area contributed by atoms with E-state index in [2.05, 4.69) is 39.2 Å². The van der Waals surface area contributed by atoms with Crippen molar-refractivity contribution in [2.75, 3.05) is 20.1 Å². The number of hydrogen-bond acceptors (Lipinski definition) is 5. The number of carbonyl (C=O) groups is 1. The van der Waals surface area contributed by atoms with Crippen LogP contribution in [0.2, 0.25) is 0 Å². The van der Waals surface area contributed by atoms with E-state index in [0.29, 0.717) is 19.0 Å². The molecule has 0 aromatic carbocycles. The lowest BCUT2D eigenvalue weighted by Crippen LogP contribution is -2.45. The Balaban J connectivity index is 0.00000280. The van der Waals surface area contributed by atoms with E-state index in [-0.39, 0.29) is 36.4 Å². The molecule has 28 heavy (non-hydrogen) atoms. The summed E-state index contributed by atoms with van der Waals surface area (Å²) in [5.41, 5.74) is 3.31. The average Bonchev–Trinajstić information content (AvgIpc) is 3.33. The number of nitrogens with zero attached hydrogens (tertiary/aromatic N) is 3. The molecular weight excluding hydrogens is 489 g/mol. The number of nitrogens with one attached hydrogen (secondary N) is 2. The Morgan fingerprint density at radius 2 is 2.18 bits per heavy atom. The van der Waals surface area contributed by atoms with Crippen molar-refractivity contribution in [2.45, 2.75) is 46.2 Å². The van der Waals surface area contributed by atoms with Gasteiger partial charge in [-0.3, -0.25) is 9.79 Å². The number of hydrogen-bond donors (Lipinski definition) is 2. The number of carbonyl (C=O) groups excluding carboxylic acids is 1. The molecule has 2 aromatic heterocycles. The predicted octanol–water partition coefficient (Wildman–Crippen LogP) is 2.73. The summed E-state index contributed by atoms with van der Waals surface area (Å²) in [7, 11) is 1.70. The largest absolute Gasteiger partial charge is 0.361 e. The molecule has 154 valence electrons. The highest BCUT2D eigenvalue weighted by Crippen LogP contribution is 2.23. The highest BCUT2D eigenvalue weighted by molar-refractivity contribution is 14.0. The predicted molar refractivity (Wildman–Crippen MR) is 122 cm³/mol. The standard InChI is InChI=1S/C19H27N5O2S.HI/c1-4-15-14(16(5-2)26-23-15)10-21-19(20-3)22-11-18(25)24-8-6-17-13(12-24)7-9-27-17;/h7,9H,4-6,8,10-12H2,1-3H3,(H2,20,21,22);1H. The fourth-order valence-electron chi connectivity index (χ4n) is 3.26. The molecule has 2 aromatic rings. The number of aryl methyl sites for hydroxylation is 2. The van der Waals surface area contributed by atoms with Crippen LogP contribution < -0.4 is 10.6 Å². The minimum Gasteiger partial charge on any atom is -0.361 e. The number of rotatable bonds is 6. The van der Waals surface area contributed by atoms with Crippen LogP contribution in [0.4, 0.5) is 0 Å². The van der Waals surface area contributed by atoms with Crippen molar-refractivity contribution in [2.24, 2.45) is 4.99 Å². The molecule has 0 atom stereocenters. The number of aromatic nitrogens is 1. The first kappa shape index (κ1) is 22.7. The second-order valence-electron chi connectivity index (χ2n) is 6.45. The molecule has 0 unspecified atom stereocenters. The maximum atomic E-state index is 12.5. The molecule has 7 nitrogen and oxygen atoms in total. The molecule has 1 amide bonds. The fourth-order valence-corrected chi connectivity index (χ4v) is 4.15. The first-order valence-electron chi connectivity index (χ1n) is 9.40. The Bertz CT molecular complexity index is 796. The average molecular weight is 517 g/mol. The third-order valence-electron chi connectivity index (χ3n) is 4.83. The Labute approximate surface area is 187 Å². The van der Waals surface area contributed by atoms with Gasteiger partial charge in [0.1, 0.15) is 5.76 Å². The van der Waals surface area contributed by atoms with Gasteiger partial charge in [0.2, 0.25) is 5.91 Å². The van der Waals surface area contributed by atoms with Crippen molar-refractivity contribution in [3.05, 3.63) is 38.9 Å². The number of aliphatic imine (C=N–C) groups is 1. The van der Waals surface area contributed by atoms with E-state index in [4.69, 9.17) is 4.52 Å². The highest BCUT2D eigenvalue weighted by Gasteiger charge is 2.21. The molecule has 0 bridgehead atoms. The first-order chi connectivity index (χ1) is 13.2. The van der Waals surface area contributed by atoms with Gasteiger partial charge in [-0.1, -0.05) is 19.0 Å². The molecule has 3 rings (SSSR count). The number of fused-ring (bicyclic) bond motifs is 1. The maximum absolute atomic E-state index is 12.5. The van der Waals surface area contributed by atoms with Crippen molar-refractivity contribution in [1.82, 2.24) is 20.7 Å². The quantitative estimate of drug-likeness (QED) is 0.350. The summed E-state index contributed by atoms with van der Waals surface area (Å²) >= 11 is 1.78. The SMILES string of the molecule is CCc1noc(CC)c1CNC(=NC)NCC(=O)N1CCc2sccc2C1.I. The van der Waals surface area contributed by atoms with E-state index in [1.54, 1.807) is 18.4 Å². The van der Waals surface area contributed by atoms with E-state index >= 15 is 0 Å². The zero-order valence-corrected chi connectivity index (χ0v) is 19.7. The molecule has 0 aliphatic carbocycles. The van der Waals surface area contributed by atoms with Crippen molar-refractivity contribution < 1.29 is 9.32 Å². The fraction of sp³-hybridized carbons (Fsp3) is 0.526. The summed E-state index contributed by atoms with van der Waals surface area (Å²) in [5, 5.41) is 12.6. The van der Waals surface area contributed by atoms with Crippen molar-refractivity contribution in [3.63, 3.8) is 0 Å². The number of amides is 1. The number of halogens is 1.